The molecule has 0 aliphatic carbocycles. The summed E-state index contributed by atoms with van der Waals surface area (Å²) in [6, 6.07) is 71.6. The third-order valence-electron chi connectivity index (χ3n) is 10.3. The quantitative estimate of drug-likeness (QED) is 0.176. The van der Waals surface area contributed by atoms with Crippen LogP contribution in [0, 0.1) is 0 Å². The molecule has 1 aromatic heterocycles. The molecule has 0 spiro atoms. The zero-order valence-corrected chi connectivity index (χ0v) is 28.4. The van der Waals surface area contributed by atoms with E-state index in [0.29, 0.717) is 0 Å². The fourth-order valence-electron chi connectivity index (χ4n) is 7.70. The van der Waals surface area contributed by atoms with Crippen LogP contribution in [0.4, 0.5) is 17.1 Å². The minimum atomic E-state index is 0.872. The van der Waals surface area contributed by atoms with Gasteiger partial charge >= 0.3 is 0 Å². The van der Waals surface area contributed by atoms with E-state index < -0.39 is 0 Å². The summed E-state index contributed by atoms with van der Waals surface area (Å²) in [4.78, 5) is 2.36. The highest BCUT2D eigenvalue weighted by Crippen LogP contribution is 2.45. The predicted octanol–water partition coefficient (Wildman–Crippen LogP) is 14.4. The Morgan fingerprint density at radius 2 is 0.846 bits per heavy atom. The first-order valence-electron chi connectivity index (χ1n) is 17.8. The molecule has 2 nitrogen and oxygen atoms in total. The molecular weight excluding hydrogens is 631 g/mol. The van der Waals surface area contributed by atoms with Crippen molar-refractivity contribution in [1.82, 2.24) is 0 Å². The molecule has 244 valence electrons. The Kier molecular flexibility index (Phi) is 7.18. The van der Waals surface area contributed by atoms with Gasteiger partial charge in [-0.1, -0.05) is 158 Å². The maximum atomic E-state index is 6.64. The maximum absolute atomic E-state index is 6.64. The molecule has 0 amide bonds. The Morgan fingerprint density at radius 3 is 1.54 bits per heavy atom. The summed E-state index contributed by atoms with van der Waals surface area (Å²) in [5.41, 5.74) is 12.2. The summed E-state index contributed by atoms with van der Waals surface area (Å²) in [5, 5.41) is 6.99. The SMILES string of the molecule is c1ccc(-c2ccc(-c3ccc(N(c4ccc(-c5cccc6ccccc56)cc4)c4cccc5oc6c7ccccc7ccc6c45)cc3)cc2)cc1. The van der Waals surface area contributed by atoms with Crippen molar-refractivity contribution < 1.29 is 4.42 Å². The Balaban J connectivity index is 1.10. The lowest BCUT2D eigenvalue weighted by atomic mass is 9.97. The molecule has 1 heterocycles. The average Bonchev–Trinajstić information content (AvgIpc) is 3.62. The van der Waals surface area contributed by atoms with Crippen LogP contribution in [0.3, 0.4) is 0 Å². The average molecular weight is 664 g/mol. The van der Waals surface area contributed by atoms with Crippen molar-refractivity contribution in [3.63, 3.8) is 0 Å². The lowest BCUT2D eigenvalue weighted by Crippen LogP contribution is -2.10. The van der Waals surface area contributed by atoms with Crippen molar-refractivity contribution >= 4 is 60.5 Å². The number of anilines is 3. The maximum Gasteiger partial charge on any atom is 0.143 e. The summed E-state index contributed by atoms with van der Waals surface area (Å²) in [6.45, 7) is 0. The standard InChI is InChI=1S/C50H33NO/c1-2-10-34(11-3-1)35-20-22-36(23-21-35)37-24-29-41(30-25-37)51(42-31-26-40(27-32-42)44-17-8-14-38-12-4-6-15-43(38)44)47-18-9-19-48-49(47)46-33-28-39-13-5-7-16-45(39)50(46)52-48/h1-33H. The summed E-state index contributed by atoms with van der Waals surface area (Å²) < 4.78 is 6.64. The number of nitrogens with zero attached hydrogens (tertiary/aromatic N) is 1. The lowest BCUT2D eigenvalue weighted by molar-refractivity contribution is 0.672. The Hall–Kier alpha value is -6.90. The first-order chi connectivity index (χ1) is 25.8. The first-order valence-corrected chi connectivity index (χ1v) is 17.8. The van der Waals surface area contributed by atoms with Crippen molar-refractivity contribution in [3.05, 3.63) is 200 Å². The van der Waals surface area contributed by atoms with Gasteiger partial charge in [0.15, 0.2) is 0 Å². The molecule has 0 fully saturated rings. The fourth-order valence-corrected chi connectivity index (χ4v) is 7.70. The van der Waals surface area contributed by atoms with Gasteiger partial charge in [0, 0.05) is 22.1 Å². The van der Waals surface area contributed by atoms with Gasteiger partial charge in [0.2, 0.25) is 0 Å². The van der Waals surface area contributed by atoms with Gasteiger partial charge in [-0.05, 0) is 92.0 Å². The molecule has 0 saturated carbocycles. The van der Waals surface area contributed by atoms with Crippen molar-refractivity contribution in [2.45, 2.75) is 0 Å². The highest BCUT2D eigenvalue weighted by molar-refractivity contribution is 6.19. The van der Waals surface area contributed by atoms with Crippen molar-refractivity contribution in [2.75, 3.05) is 4.90 Å². The van der Waals surface area contributed by atoms with E-state index in [1.54, 1.807) is 0 Å². The van der Waals surface area contributed by atoms with Crippen LogP contribution in [0.5, 0.6) is 0 Å². The largest absolute Gasteiger partial charge is 0.455 e. The van der Waals surface area contributed by atoms with Gasteiger partial charge in [0.1, 0.15) is 11.2 Å². The number of hydrogen-bond acceptors (Lipinski definition) is 2. The van der Waals surface area contributed by atoms with Gasteiger partial charge in [-0.2, -0.15) is 0 Å². The molecule has 0 radical (unpaired) electrons. The molecule has 10 rings (SSSR count). The third kappa shape index (κ3) is 5.12. The van der Waals surface area contributed by atoms with E-state index in [1.807, 2.05) is 0 Å². The molecular formula is C50H33NO. The molecule has 0 aliphatic rings. The molecule has 9 aromatic carbocycles. The monoisotopic (exact) mass is 663 g/mol. The summed E-state index contributed by atoms with van der Waals surface area (Å²) in [6.07, 6.45) is 0. The Labute approximate surface area is 302 Å². The molecule has 10 aromatic rings. The number of hydrogen-bond donors (Lipinski definition) is 0. The number of benzene rings is 9. The predicted molar refractivity (Wildman–Crippen MR) is 220 cm³/mol. The van der Waals surface area contributed by atoms with Crippen LogP contribution in [0.25, 0.3) is 76.9 Å². The smallest absolute Gasteiger partial charge is 0.143 e. The van der Waals surface area contributed by atoms with E-state index in [1.165, 1.54) is 49.5 Å². The number of furan rings is 1. The molecule has 0 bridgehead atoms. The zero-order chi connectivity index (χ0) is 34.4. The first kappa shape index (κ1) is 30.0. The van der Waals surface area contributed by atoms with E-state index in [4.69, 9.17) is 4.42 Å². The van der Waals surface area contributed by atoms with Gasteiger partial charge < -0.3 is 9.32 Å². The molecule has 52 heavy (non-hydrogen) atoms. The summed E-state index contributed by atoms with van der Waals surface area (Å²) >= 11 is 0. The van der Waals surface area contributed by atoms with Crippen molar-refractivity contribution in [2.24, 2.45) is 0 Å². The van der Waals surface area contributed by atoms with E-state index in [9.17, 15) is 0 Å². The topological polar surface area (TPSA) is 16.4 Å². The normalized spacial score (nSPS) is 11.5. The lowest BCUT2D eigenvalue weighted by Gasteiger charge is -2.26. The van der Waals surface area contributed by atoms with Gasteiger partial charge in [0.25, 0.3) is 0 Å². The van der Waals surface area contributed by atoms with Crippen LogP contribution in [0.2, 0.25) is 0 Å². The van der Waals surface area contributed by atoms with Gasteiger partial charge in [-0.15, -0.1) is 0 Å². The van der Waals surface area contributed by atoms with Gasteiger partial charge in [-0.3, -0.25) is 0 Å². The van der Waals surface area contributed by atoms with E-state index >= 15 is 0 Å². The van der Waals surface area contributed by atoms with Crippen LogP contribution in [-0.4, -0.2) is 0 Å². The highest BCUT2D eigenvalue weighted by atomic mass is 16.3. The second-order valence-electron chi connectivity index (χ2n) is 13.3. The molecule has 0 aliphatic heterocycles. The van der Waals surface area contributed by atoms with E-state index in [0.717, 1.165) is 44.4 Å². The molecule has 0 N–H and O–H groups in total. The Bertz CT molecular complexity index is 2860. The fraction of sp³-hybridized carbons (Fsp3) is 0. The van der Waals surface area contributed by atoms with E-state index in [2.05, 4.69) is 205 Å². The van der Waals surface area contributed by atoms with E-state index in [-0.39, 0.29) is 0 Å². The summed E-state index contributed by atoms with van der Waals surface area (Å²) in [5.74, 6) is 0. The van der Waals surface area contributed by atoms with Gasteiger partial charge in [0.05, 0.1) is 11.1 Å². The highest BCUT2D eigenvalue weighted by Gasteiger charge is 2.20. The molecule has 0 saturated heterocycles. The van der Waals surface area contributed by atoms with Crippen LogP contribution in [-0.2, 0) is 0 Å². The van der Waals surface area contributed by atoms with Crippen LogP contribution < -0.4 is 4.90 Å². The second kappa shape index (κ2) is 12.5. The Morgan fingerprint density at radius 1 is 0.327 bits per heavy atom. The van der Waals surface area contributed by atoms with Crippen LogP contribution in [0.15, 0.2) is 205 Å². The minimum Gasteiger partial charge on any atom is -0.455 e. The van der Waals surface area contributed by atoms with Crippen molar-refractivity contribution in [1.29, 1.82) is 0 Å². The number of fused-ring (bicyclic) bond motifs is 6. The third-order valence-corrected chi connectivity index (χ3v) is 10.3. The zero-order valence-electron chi connectivity index (χ0n) is 28.4. The second-order valence-corrected chi connectivity index (χ2v) is 13.3. The molecule has 0 unspecified atom stereocenters. The van der Waals surface area contributed by atoms with Crippen LogP contribution >= 0.6 is 0 Å². The van der Waals surface area contributed by atoms with Gasteiger partial charge in [-0.25, -0.2) is 0 Å². The summed E-state index contributed by atoms with van der Waals surface area (Å²) in [7, 11) is 0. The molecule has 2 heteroatoms. The van der Waals surface area contributed by atoms with Crippen molar-refractivity contribution in [3.8, 4) is 33.4 Å². The molecule has 0 atom stereocenters. The van der Waals surface area contributed by atoms with Crippen LogP contribution in [0.1, 0.15) is 0 Å². The number of rotatable bonds is 6. The minimum absolute atomic E-state index is 0.872.